The van der Waals surface area contributed by atoms with Crippen molar-refractivity contribution in [3.63, 3.8) is 0 Å². The van der Waals surface area contributed by atoms with Gasteiger partial charge in [-0.1, -0.05) is 90.5 Å². The van der Waals surface area contributed by atoms with Gasteiger partial charge in [0.1, 0.15) is 4.90 Å². The first kappa shape index (κ1) is 23.1. The van der Waals surface area contributed by atoms with Crippen LogP contribution >= 0.6 is 11.6 Å². The molecule has 1 aliphatic heterocycles. The van der Waals surface area contributed by atoms with E-state index in [2.05, 4.69) is 5.32 Å². The topological polar surface area (TPSA) is 66.5 Å². The normalized spacial score (nSPS) is 13.0. The Bertz CT molecular complexity index is 1440. The van der Waals surface area contributed by atoms with Gasteiger partial charge in [-0.05, 0) is 47.4 Å². The Hall–Kier alpha value is -3.61. The predicted octanol–water partition coefficient (Wildman–Crippen LogP) is 5.61. The standard InChI is InChI=1S/C28H23ClN2O3S/c29-24-16-15-23(19-26(24)35(33,34)31-18-17-20-9-7-8-14-25(20)31)28(32)30-27(21-10-3-1-4-11-21)22-12-5-2-6-13-22/h1-16,19,27H,17-18H2,(H,30,32). The number of benzene rings is 4. The number of rotatable bonds is 6. The highest BCUT2D eigenvalue weighted by atomic mass is 35.5. The fraction of sp³-hybridized carbons (Fsp3) is 0.107. The fourth-order valence-corrected chi connectivity index (χ4v) is 6.39. The van der Waals surface area contributed by atoms with Gasteiger partial charge >= 0.3 is 0 Å². The van der Waals surface area contributed by atoms with Crippen LogP contribution in [0.3, 0.4) is 0 Å². The summed E-state index contributed by atoms with van der Waals surface area (Å²) in [6.45, 7) is 0.332. The maximum absolute atomic E-state index is 13.6. The largest absolute Gasteiger partial charge is 0.341 e. The molecule has 0 atom stereocenters. The molecule has 0 saturated carbocycles. The van der Waals surface area contributed by atoms with Crippen LogP contribution in [0, 0.1) is 0 Å². The lowest BCUT2D eigenvalue weighted by Gasteiger charge is -2.22. The number of sulfonamides is 1. The number of hydrogen-bond donors (Lipinski definition) is 1. The number of hydrogen-bond acceptors (Lipinski definition) is 3. The second kappa shape index (κ2) is 9.56. The van der Waals surface area contributed by atoms with E-state index in [0.29, 0.717) is 18.7 Å². The van der Waals surface area contributed by atoms with E-state index in [1.165, 1.54) is 16.4 Å². The molecule has 0 unspecified atom stereocenters. The third-order valence-electron chi connectivity index (χ3n) is 6.15. The van der Waals surface area contributed by atoms with E-state index in [0.717, 1.165) is 16.7 Å². The summed E-state index contributed by atoms with van der Waals surface area (Å²) >= 11 is 6.35. The minimum Gasteiger partial charge on any atom is -0.341 e. The highest BCUT2D eigenvalue weighted by molar-refractivity contribution is 7.93. The van der Waals surface area contributed by atoms with Gasteiger partial charge in [0.05, 0.1) is 16.8 Å². The molecule has 35 heavy (non-hydrogen) atoms. The molecule has 4 aromatic carbocycles. The first-order valence-corrected chi connectivity index (χ1v) is 13.1. The van der Waals surface area contributed by atoms with Crippen molar-refractivity contribution in [1.29, 1.82) is 0 Å². The summed E-state index contributed by atoms with van der Waals surface area (Å²) in [5.74, 6) is -0.391. The first-order valence-electron chi connectivity index (χ1n) is 11.3. The Balaban J connectivity index is 1.48. The van der Waals surface area contributed by atoms with Crippen molar-refractivity contribution < 1.29 is 13.2 Å². The van der Waals surface area contributed by atoms with Crippen LogP contribution in [0.1, 0.15) is 33.1 Å². The van der Waals surface area contributed by atoms with E-state index in [1.807, 2.05) is 78.9 Å². The van der Waals surface area contributed by atoms with Gasteiger partial charge in [0.25, 0.3) is 15.9 Å². The SMILES string of the molecule is O=C(NC(c1ccccc1)c1ccccc1)c1ccc(Cl)c(S(=O)(=O)N2CCc3ccccc32)c1. The van der Waals surface area contributed by atoms with Crippen molar-refractivity contribution >= 4 is 33.2 Å². The average Bonchev–Trinajstić information content (AvgIpc) is 3.33. The Labute approximate surface area is 210 Å². The molecule has 0 radical (unpaired) electrons. The maximum atomic E-state index is 13.6. The molecular formula is C28H23ClN2O3S. The van der Waals surface area contributed by atoms with Gasteiger partial charge < -0.3 is 5.32 Å². The minimum absolute atomic E-state index is 0.0774. The number of fused-ring (bicyclic) bond motifs is 1. The van der Waals surface area contributed by atoms with Crippen molar-refractivity contribution in [2.24, 2.45) is 0 Å². The second-order valence-electron chi connectivity index (χ2n) is 8.33. The number of anilines is 1. The van der Waals surface area contributed by atoms with Crippen LogP contribution in [0.5, 0.6) is 0 Å². The zero-order valence-corrected chi connectivity index (χ0v) is 20.3. The van der Waals surface area contributed by atoms with Crippen LogP contribution < -0.4 is 9.62 Å². The number of halogens is 1. The molecule has 0 aliphatic carbocycles. The highest BCUT2D eigenvalue weighted by Gasteiger charge is 2.32. The molecule has 0 bridgehead atoms. The summed E-state index contributed by atoms with van der Waals surface area (Å²) in [6.07, 6.45) is 0.628. The van der Waals surface area contributed by atoms with Crippen molar-refractivity contribution in [1.82, 2.24) is 5.32 Å². The van der Waals surface area contributed by atoms with Gasteiger partial charge in [-0.25, -0.2) is 8.42 Å². The third-order valence-corrected chi connectivity index (χ3v) is 8.44. The highest BCUT2D eigenvalue weighted by Crippen LogP contribution is 2.35. The van der Waals surface area contributed by atoms with Crippen LogP contribution in [-0.2, 0) is 16.4 Å². The van der Waals surface area contributed by atoms with Crippen molar-refractivity contribution in [2.45, 2.75) is 17.4 Å². The van der Waals surface area contributed by atoms with Crippen LogP contribution in [0.2, 0.25) is 5.02 Å². The summed E-state index contributed by atoms with van der Waals surface area (Å²) in [6, 6.07) is 30.7. The number of carbonyl (C=O) groups is 1. The molecule has 1 amide bonds. The van der Waals surface area contributed by atoms with E-state index >= 15 is 0 Å². The summed E-state index contributed by atoms with van der Waals surface area (Å²) < 4.78 is 28.5. The summed E-state index contributed by atoms with van der Waals surface area (Å²) in [5.41, 5.74) is 3.67. The number of para-hydroxylation sites is 1. The molecular weight excluding hydrogens is 480 g/mol. The Kier molecular flexibility index (Phi) is 6.32. The third kappa shape index (κ3) is 4.55. The van der Waals surface area contributed by atoms with E-state index in [-0.39, 0.29) is 15.5 Å². The lowest BCUT2D eigenvalue weighted by atomic mass is 9.98. The summed E-state index contributed by atoms with van der Waals surface area (Å²) in [7, 11) is -3.95. The van der Waals surface area contributed by atoms with Crippen molar-refractivity contribution in [3.8, 4) is 0 Å². The van der Waals surface area contributed by atoms with Gasteiger partial charge in [0.2, 0.25) is 0 Å². The number of carbonyl (C=O) groups excluding carboxylic acids is 1. The molecule has 176 valence electrons. The van der Waals surface area contributed by atoms with Crippen LogP contribution in [0.15, 0.2) is 108 Å². The number of nitrogens with zero attached hydrogens (tertiary/aromatic N) is 1. The molecule has 5 nitrogen and oxygen atoms in total. The molecule has 0 saturated heterocycles. The molecule has 0 spiro atoms. The number of amides is 1. The van der Waals surface area contributed by atoms with Crippen LogP contribution in [-0.4, -0.2) is 20.9 Å². The predicted molar refractivity (Wildman–Crippen MR) is 138 cm³/mol. The van der Waals surface area contributed by atoms with Crippen molar-refractivity contribution in [2.75, 3.05) is 10.8 Å². The molecule has 1 N–H and O–H groups in total. The van der Waals surface area contributed by atoms with Crippen LogP contribution in [0.4, 0.5) is 5.69 Å². The molecule has 4 aromatic rings. The van der Waals surface area contributed by atoms with Gasteiger partial charge in [0, 0.05) is 12.1 Å². The van der Waals surface area contributed by atoms with Gasteiger partial charge in [-0.2, -0.15) is 0 Å². The Morgan fingerprint density at radius 3 is 2.09 bits per heavy atom. The average molecular weight is 503 g/mol. The number of nitrogens with one attached hydrogen (secondary N) is 1. The maximum Gasteiger partial charge on any atom is 0.265 e. The Morgan fingerprint density at radius 1 is 0.829 bits per heavy atom. The monoisotopic (exact) mass is 502 g/mol. The van der Waals surface area contributed by atoms with Gasteiger partial charge in [-0.3, -0.25) is 9.10 Å². The van der Waals surface area contributed by atoms with E-state index in [1.54, 1.807) is 12.1 Å². The van der Waals surface area contributed by atoms with Crippen molar-refractivity contribution in [3.05, 3.63) is 130 Å². The second-order valence-corrected chi connectivity index (χ2v) is 10.6. The molecule has 0 aromatic heterocycles. The molecule has 5 rings (SSSR count). The van der Waals surface area contributed by atoms with E-state index in [9.17, 15) is 13.2 Å². The van der Waals surface area contributed by atoms with Gasteiger partial charge in [0.15, 0.2) is 0 Å². The molecule has 1 heterocycles. The fourth-order valence-electron chi connectivity index (χ4n) is 4.38. The van der Waals surface area contributed by atoms with E-state index < -0.39 is 22.0 Å². The lowest BCUT2D eigenvalue weighted by molar-refractivity contribution is 0.0942. The first-order chi connectivity index (χ1) is 16.9. The van der Waals surface area contributed by atoms with E-state index in [4.69, 9.17) is 11.6 Å². The zero-order chi connectivity index (χ0) is 24.4. The Morgan fingerprint density at radius 2 is 1.43 bits per heavy atom. The zero-order valence-electron chi connectivity index (χ0n) is 18.8. The smallest absolute Gasteiger partial charge is 0.265 e. The van der Waals surface area contributed by atoms with Gasteiger partial charge in [-0.15, -0.1) is 0 Å². The quantitative estimate of drug-likeness (QED) is 0.372. The molecule has 1 aliphatic rings. The van der Waals surface area contributed by atoms with Crippen LogP contribution in [0.25, 0.3) is 0 Å². The molecule has 7 heteroatoms. The minimum atomic E-state index is -3.95. The summed E-state index contributed by atoms with van der Waals surface area (Å²) in [5, 5.41) is 3.14. The lowest BCUT2D eigenvalue weighted by Crippen LogP contribution is -2.31. The molecule has 0 fully saturated rings. The summed E-state index contributed by atoms with van der Waals surface area (Å²) in [4.78, 5) is 13.3.